The van der Waals surface area contributed by atoms with E-state index in [1.54, 1.807) is 25.4 Å². The number of amides is 1. The molecule has 0 radical (unpaired) electrons. The van der Waals surface area contributed by atoms with Crippen LogP contribution in [-0.4, -0.2) is 25.6 Å². The van der Waals surface area contributed by atoms with E-state index >= 15 is 0 Å². The Morgan fingerprint density at radius 3 is 2.59 bits per heavy atom. The zero-order chi connectivity index (χ0) is 21.0. The lowest BCUT2D eigenvalue weighted by molar-refractivity contribution is -0.384. The molecule has 0 aliphatic heterocycles. The lowest BCUT2D eigenvalue weighted by Gasteiger charge is -2.18. The molecule has 0 aliphatic carbocycles. The second-order valence-corrected chi connectivity index (χ2v) is 7.86. The van der Waals surface area contributed by atoms with Gasteiger partial charge >= 0.3 is 0 Å². The van der Waals surface area contributed by atoms with Gasteiger partial charge in [-0.15, -0.1) is 10.2 Å². The predicted octanol–water partition coefficient (Wildman–Crippen LogP) is 4.55. The van der Waals surface area contributed by atoms with Gasteiger partial charge < -0.3 is 9.88 Å². The first kappa shape index (κ1) is 20.5. The SMILES string of the molecule is Cc1ccc(NC(=O)[C@H](Sc2nncn2C(C)C)c2ccccc2)c([N+](=O)[O-])c1. The normalized spacial score (nSPS) is 12.0. The molecular weight excluding hydrogens is 390 g/mol. The van der Waals surface area contributed by atoms with Crippen molar-refractivity contribution < 1.29 is 9.72 Å². The van der Waals surface area contributed by atoms with E-state index in [0.29, 0.717) is 5.16 Å². The minimum atomic E-state index is -0.654. The number of anilines is 1. The largest absolute Gasteiger partial charge is 0.319 e. The third kappa shape index (κ3) is 4.80. The summed E-state index contributed by atoms with van der Waals surface area (Å²) in [6.45, 7) is 5.77. The van der Waals surface area contributed by atoms with E-state index in [1.807, 2.05) is 48.7 Å². The summed E-state index contributed by atoms with van der Waals surface area (Å²) < 4.78 is 1.88. The van der Waals surface area contributed by atoms with Crippen LogP contribution in [0.2, 0.25) is 0 Å². The number of nitro benzene ring substituents is 1. The van der Waals surface area contributed by atoms with Crippen LogP contribution in [-0.2, 0) is 4.79 Å². The Morgan fingerprint density at radius 1 is 1.21 bits per heavy atom. The summed E-state index contributed by atoms with van der Waals surface area (Å²) in [6.07, 6.45) is 1.62. The molecule has 150 valence electrons. The van der Waals surface area contributed by atoms with Crippen LogP contribution < -0.4 is 5.32 Å². The van der Waals surface area contributed by atoms with Gasteiger partial charge in [-0.2, -0.15) is 0 Å². The molecule has 1 N–H and O–H groups in total. The van der Waals surface area contributed by atoms with Crippen molar-refractivity contribution in [1.29, 1.82) is 0 Å². The number of aryl methyl sites for hydroxylation is 1. The van der Waals surface area contributed by atoms with Crippen LogP contribution in [0.5, 0.6) is 0 Å². The monoisotopic (exact) mass is 411 g/mol. The number of carbonyl (C=O) groups is 1. The molecule has 0 bridgehead atoms. The Balaban J connectivity index is 1.94. The van der Waals surface area contributed by atoms with Crippen molar-refractivity contribution in [1.82, 2.24) is 14.8 Å². The fourth-order valence-electron chi connectivity index (χ4n) is 2.77. The average Bonchev–Trinajstić information content (AvgIpc) is 3.16. The van der Waals surface area contributed by atoms with Crippen molar-refractivity contribution in [2.75, 3.05) is 5.32 Å². The second kappa shape index (κ2) is 8.87. The molecule has 9 heteroatoms. The highest BCUT2D eigenvalue weighted by atomic mass is 32.2. The van der Waals surface area contributed by atoms with E-state index in [0.717, 1.165) is 11.1 Å². The molecule has 1 amide bonds. The molecule has 29 heavy (non-hydrogen) atoms. The van der Waals surface area contributed by atoms with Gasteiger partial charge in [-0.1, -0.05) is 48.2 Å². The van der Waals surface area contributed by atoms with Crippen molar-refractivity contribution in [3.05, 3.63) is 76.1 Å². The number of thioether (sulfide) groups is 1. The van der Waals surface area contributed by atoms with Gasteiger partial charge in [0.05, 0.1) is 4.92 Å². The maximum Gasteiger partial charge on any atom is 0.293 e. The molecule has 0 saturated heterocycles. The van der Waals surface area contributed by atoms with Crippen molar-refractivity contribution in [2.24, 2.45) is 0 Å². The quantitative estimate of drug-likeness (QED) is 0.348. The fourth-order valence-corrected chi connectivity index (χ4v) is 3.92. The first-order valence-corrected chi connectivity index (χ1v) is 9.91. The molecule has 8 nitrogen and oxygen atoms in total. The molecule has 0 unspecified atom stereocenters. The molecule has 0 fully saturated rings. The summed E-state index contributed by atoms with van der Waals surface area (Å²) in [4.78, 5) is 24.1. The van der Waals surface area contributed by atoms with E-state index in [2.05, 4.69) is 15.5 Å². The van der Waals surface area contributed by atoms with Crippen LogP contribution in [0.4, 0.5) is 11.4 Å². The summed E-state index contributed by atoms with van der Waals surface area (Å²) in [5, 5.41) is 22.2. The third-order valence-electron chi connectivity index (χ3n) is 4.27. The van der Waals surface area contributed by atoms with E-state index in [9.17, 15) is 14.9 Å². The average molecular weight is 411 g/mol. The summed E-state index contributed by atoms with van der Waals surface area (Å²) in [6, 6.07) is 14.1. The first-order chi connectivity index (χ1) is 13.9. The molecular formula is C20H21N5O3S. The first-order valence-electron chi connectivity index (χ1n) is 9.04. The van der Waals surface area contributed by atoms with E-state index in [4.69, 9.17) is 0 Å². The lowest BCUT2D eigenvalue weighted by atomic mass is 10.1. The topological polar surface area (TPSA) is 103 Å². The van der Waals surface area contributed by atoms with Crippen LogP contribution in [0.15, 0.2) is 60.0 Å². The van der Waals surface area contributed by atoms with Gasteiger partial charge in [0, 0.05) is 12.1 Å². The van der Waals surface area contributed by atoms with Gasteiger partial charge in [0.2, 0.25) is 5.91 Å². The molecule has 3 aromatic rings. The molecule has 0 saturated carbocycles. The number of benzene rings is 2. The van der Waals surface area contributed by atoms with Gasteiger partial charge in [-0.05, 0) is 38.0 Å². The highest BCUT2D eigenvalue weighted by molar-refractivity contribution is 8.00. The minimum Gasteiger partial charge on any atom is -0.319 e. The summed E-state index contributed by atoms with van der Waals surface area (Å²) in [7, 11) is 0. The second-order valence-electron chi connectivity index (χ2n) is 6.79. The van der Waals surface area contributed by atoms with Crippen molar-refractivity contribution in [2.45, 2.75) is 37.2 Å². The van der Waals surface area contributed by atoms with Crippen molar-refractivity contribution >= 4 is 29.0 Å². The number of carbonyl (C=O) groups excluding carboxylic acids is 1. The number of nitrogens with one attached hydrogen (secondary N) is 1. The highest BCUT2D eigenvalue weighted by Crippen LogP contribution is 2.37. The Kier molecular flexibility index (Phi) is 6.28. The van der Waals surface area contributed by atoms with Gasteiger partial charge in [0.15, 0.2) is 5.16 Å². The number of nitrogens with zero attached hydrogens (tertiary/aromatic N) is 4. The number of nitro groups is 1. The Labute approximate surface area is 172 Å². The van der Waals surface area contributed by atoms with Crippen LogP contribution in [0.3, 0.4) is 0 Å². The summed E-state index contributed by atoms with van der Waals surface area (Å²) >= 11 is 1.26. The number of hydrogen-bond donors (Lipinski definition) is 1. The Hall–Kier alpha value is -3.20. The van der Waals surface area contributed by atoms with Crippen LogP contribution in [0.1, 0.15) is 36.3 Å². The van der Waals surface area contributed by atoms with Gasteiger partial charge in [0.1, 0.15) is 17.3 Å². The smallest absolute Gasteiger partial charge is 0.293 e. The van der Waals surface area contributed by atoms with Gasteiger partial charge in [-0.3, -0.25) is 14.9 Å². The molecule has 0 spiro atoms. The number of aromatic nitrogens is 3. The zero-order valence-electron chi connectivity index (χ0n) is 16.3. The lowest BCUT2D eigenvalue weighted by Crippen LogP contribution is -2.20. The molecule has 3 rings (SSSR count). The predicted molar refractivity (Wildman–Crippen MR) is 112 cm³/mol. The zero-order valence-corrected chi connectivity index (χ0v) is 17.1. The molecule has 2 aromatic carbocycles. The number of rotatable bonds is 7. The van der Waals surface area contributed by atoms with E-state index in [-0.39, 0.29) is 23.3 Å². The Bertz CT molecular complexity index is 1020. The Morgan fingerprint density at radius 2 is 1.93 bits per heavy atom. The number of hydrogen-bond acceptors (Lipinski definition) is 6. The maximum atomic E-state index is 13.2. The molecule has 0 aliphatic rings. The van der Waals surface area contributed by atoms with Crippen molar-refractivity contribution in [3.8, 4) is 0 Å². The van der Waals surface area contributed by atoms with E-state index < -0.39 is 10.2 Å². The van der Waals surface area contributed by atoms with Gasteiger partial charge in [0.25, 0.3) is 5.69 Å². The van der Waals surface area contributed by atoms with E-state index in [1.165, 1.54) is 17.8 Å². The summed E-state index contributed by atoms with van der Waals surface area (Å²) in [5.41, 5.74) is 1.54. The molecule has 1 atom stereocenters. The third-order valence-corrected chi connectivity index (χ3v) is 5.49. The molecule has 1 aromatic heterocycles. The van der Waals surface area contributed by atoms with Gasteiger partial charge in [-0.25, -0.2) is 0 Å². The fraction of sp³-hybridized carbons (Fsp3) is 0.250. The standard InChI is InChI=1S/C20H21N5O3S/c1-13(2)24-12-21-23-20(24)29-18(15-7-5-4-6-8-15)19(26)22-16-10-9-14(3)11-17(16)25(27)28/h4-13,18H,1-3H3,(H,22,26)/t18-/m1/s1. The van der Waals surface area contributed by atoms with Crippen LogP contribution in [0, 0.1) is 17.0 Å². The minimum absolute atomic E-state index is 0.130. The van der Waals surface area contributed by atoms with Crippen LogP contribution >= 0.6 is 11.8 Å². The summed E-state index contributed by atoms with van der Waals surface area (Å²) in [5.74, 6) is -0.369. The van der Waals surface area contributed by atoms with Crippen LogP contribution in [0.25, 0.3) is 0 Å². The highest BCUT2D eigenvalue weighted by Gasteiger charge is 2.27. The van der Waals surface area contributed by atoms with Crippen molar-refractivity contribution in [3.63, 3.8) is 0 Å². The molecule has 1 heterocycles. The maximum absolute atomic E-state index is 13.2.